The molecule has 1 N–H and O–H groups in total. The van der Waals surface area contributed by atoms with Gasteiger partial charge < -0.3 is 19.3 Å². The van der Waals surface area contributed by atoms with Gasteiger partial charge in [0.15, 0.2) is 0 Å². The second-order valence-electron chi connectivity index (χ2n) is 5.36. The van der Waals surface area contributed by atoms with Gasteiger partial charge in [-0.05, 0) is 24.0 Å². The van der Waals surface area contributed by atoms with Crippen molar-refractivity contribution in [3.8, 4) is 0 Å². The Labute approximate surface area is 144 Å². The van der Waals surface area contributed by atoms with Gasteiger partial charge in [0.05, 0.1) is 39.3 Å². The SMILES string of the molecule is OCCOCCOCCO/C=C(/C1=CCCC=C1)c1ccccc1. The molecule has 4 heteroatoms. The number of aliphatic hydroxyl groups excluding tert-OH is 1. The van der Waals surface area contributed by atoms with Crippen LogP contribution in [-0.2, 0) is 14.2 Å². The van der Waals surface area contributed by atoms with E-state index in [4.69, 9.17) is 19.3 Å². The zero-order valence-corrected chi connectivity index (χ0v) is 14.0. The molecule has 0 spiro atoms. The highest BCUT2D eigenvalue weighted by molar-refractivity contribution is 5.81. The van der Waals surface area contributed by atoms with Crippen molar-refractivity contribution >= 4 is 5.57 Å². The molecule has 0 amide bonds. The van der Waals surface area contributed by atoms with Crippen molar-refractivity contribution in [1.82, 2.24) is 0 Å². The summed E-state index contributed by atoms with van der Waals surface area (Å²) in [6, 6.07) is 10.3. The van der Waals surface area contributed by atoms with Crippen LogP contribution in [0.3, 0.4) is 0 Å². The van der Waals surface area contributed by atoms with E-state index >= 15 is 0 Å². The quantitative estimate of drug-likeness (QED) is 0.499. The second kappa shape index (κ2) is 11.6. The number of hydrogen-bond donors (Lipinski definition) is 1. The van der Waals surface area contributed by atoms with Crippen LogP contribution in [0.25, 0.3) is 5.57 Å². The molecule has 0 bridgehead atoms. The minimum Gasteiger partial charge on any atom is -0.498 e. The molecule has 0 saturated carbocycles. The summed E-state index contributed by atoms with van der Waals surface area (Å²) in [5.41, 5.74) is 3.44. The molecule has 0 aliphatic heterocycles. The van der Waals surface area contributed by atoms with E-state index < -0.39 is 0 Å². The zero-order valence-electron chi connectivity index (χ0n) is 14.0. The Hall–Kier alpha value is -1.88. The molecule has 1 aliphatic rings. The van der Waals surface area contributed by atoms with Crippen molar-refractivity contribution in [2.24, 2.45) is 0 Å². The summed E-state index contributed by atoms with van der Waals surface area (Å²) in [5.74, 6) is 0. The smallest absolute Gasteiger partial charge is 0.111 e. The molecule has 2 rings (SSSR count). The lowest BCUT2D eigenvalue weighted by Crippen LogP contribution is -2.10. The summed E-state index contributed by atoms with van der Waals surface area (Å²) in [6.45, 7) is 2.39. The maximum absolute atomic E-state index is 8.59. The first-order valence-corrected chi connectivity index (χ1v) is 8.42. The molecule has 0 unspecified atom stereocenters. The molecule has 0 aromatic heterocycles. The third kappa shape index (κ3) is 6.71. The normalized spacial score (nSPS) is 14.5. The summed E-state index contributed by atoms with van der Waals surface area (Å²) in [6.07, 6.45) is 10.6. The first-order chi connectivity index (χ1) is 11.9. The highest BCUT2D eigenvalue weighted by Crippen LogP contribution is 2.27. The van der Waals surface area contributed by atoms with Gasteiger partial charge in [-0.2, -0.15) is 0 Å². The summed E-state index contributed by atoms with van der Waals surface area (Å²) in [4.78, 5) is 0. The fourth-order valence-electron chi connectivity index (χ4n) is 2.37. The number of allylic oxidation sites excluding steroid dienone is 5. The minimum atomic E-state index is 0.0421. The first kappa shape index (κ1) is 18.5. The fourth-order valence-corrected chi connectivity index (χ4v) is 2.37. The first-order valence-electron chi connectivity index (χ1n) is 8.42. The predicted octanol–water partition coefficient (Wildman–Crippen LogP) is 3.35. The van der Waals surface area contributed by atoms with Crippen molar-refractivity contribution in [3.63, 3.8) is 0 Å². The van der Waals surface area contributed by atoms with E-state index in [1.54, 1.807) is 0 Å². The van der Waals surface area contributed by atoms with Crippen LogP contribution in [0.4, 0.5) is 0 Å². The molecular formula is C20H26O4. The third-order valence-corrected chi connectivity index (χ3v) is 3.55. The Bertz CT molecular complexity index is 546. The molecule has 1 aromatic carbocycles. The fraction of sp³-hybridized carbons (Fsp3) is 0.400. The second-order valence-corrected chi connectivity index (χ2v) is 5.36. The van der Waals surface area contributed by atoms with Gasteiger partial charge in [0.2, 0.25) is 0 Å². The van der Waals surface area contributed by atoms with Gasteiger partial charge in [0.25, 0.3) is 0 Å². The number of hydrogen-bond acceptors (Lipinski definition) is 4. The standard InChI is InChI=1S/C20H26O4/c21-11-12-22-13-14-23-15-16-24-17-20(18-7-3-1-4-8-18)19-9-5-2-6-10-19/h1,3-5,7-10,17,21H,2,6,11-16H2/b20-17+. The number of rotatable bonds is 11. The van der Waals surface area contributed by atoms with E-state index in [2.05, 4.69) is 30.4 Å². The summed E-state index contributed by atoms with van der Waals surface area (Å²) in [5, 5.41) is 8.59. The number of benzene rings is 1. The van der Waals surface area contributed by atoms with E-state index in [-0.39, 0.29) is 6.61 Å². The van der Waals surface area contributed by atoms with Gasteiger partial charge in [-0.15, -0.1) is 0 Å². The molecule has 0 radical (unpaired) electrons. The summed E-state index contributed by atoms with van der Waals surface area (Å²) < 4.78 is 16.2. The lowest BCUT2D eigenvalue weighted by Gasteiger charge is -2.13. The Kier molecular flexibility index (Phi) is 8.94. The molecule has 0 saturated heterocycles. The zero-order chi connectivity index (χ0) is 16.9. The maximum atomic E-state index is 8.59. The van der Waals surface area contributed by atoms with E-state index in [1.165, 1.54) is 5.57 Å². The number of ether oxygens (including phenoxy) is 3. The van der Waals surface area contributed by atoms with Crippen LogP contribution in [0.15, 0.2) is 60.4 Å². The van der Waals surface area contributed by atoms with E-state index in [1.807, 2.05) is 24.5 Å². The van der Waals surface area contributed by atoms with E-state index in [9.17, 15) is 0 Å². The van der Waals surface area contributed by atoms with Gasteiger partial charge in [-0.1, -0.05) is 48.6 Å². The van der Waals surface area contributed by atoms with Crippen LogP contribution < -0.4 is 0 Å². The van der Waals surface area contributed by atoms with Crippen molar-refractivity contribution < 1.29 is 19.3 Å². The summed E-state index contributed by atoms with van der Waals surface area (Å²) >= 11 is 0. The maximum Gasteiger partial charge on any atom is 0.111 e. The van der Waals surface area contributed by atoms with Crippen molar-refractivity contribution in [1.29, 1.82) is 0 Å². The van der Waals surface area contributed by atoms with Crippen LogP contribution in [0.2, 0.25) is 0 Å². The van der Waals surface area contributed by atoms with Crippen LogP contribution in [0, 0.1) is 0 Å². The van der Waals surface area contributed by atoms with Crippen molar-refractivity contribution in [2.75, 3.05) is 39.6 Å². The molecule has 0 heterocycles. The summed E-state index contributed by atoms with van der Waals surface area (Å²) in [7, 11) is 0. The molecule has 24 heavy (non-hydrogen) atoms. The Balaban J connectivity index is 1.81. The minimum absolute atomic E-state index is 0.0421. The largest absolute Gasteiger partial charge is 0.498 e. The van der Waals surface area contributed by atoms with Crippen molar-refractivity contribution in [3.05, 3.63) is 66.0 Å². The average Bonchev–Trinajstić information content (AvgIpc) is 2.65. The molecule has 0 fully saturated rings. The molecule has 0 atom stereocenters. The molecular weight excluding hydrogens is 304 g/mol. The van der Waals surface area contributed by atoms with Gasteiger partial charge in [0.1, 0.15) is 6.61 Å². The lowest BCUT2D eigenvalue weighted by molar-refractivity contribution is 0.0204. The highest BCUT2D eigenvalue weighted by atomic mass is 16.5. The van der Waals surface area contributed by atoms with Crippen LogP contribution in [0.1, 0.15) is 18.4 Å². The van der Waals surface area contributed by atoms with E-state index in [0.717, 1.165) is 24.0 Å². The van der Waals surface area contributed by atoms with Gasteiger partial charge in [-0.3, -0.25) is 0 Å². The Morgan fingerprint density at radius 3 is 2.42 bits per heavy atom. The lowest BCUT2D eigenvalue weighted by atomic mass is 9.95. The van der Waals surface area contributed by atoms with Gasteiger partial charge in [0, 0.05) is 5.57 Å². The molecule has 1 aliphatic carbocycles. The Morgan fingerprint density at radius 2 is 1.71 bits per heavy atom. The number of aliphatic hydroxyl groups is 1. The topological polar surface area (TPSA) is 47.9 Å². The van der Waals surface area contributed by atoms with E-state index in [0.29, 0.717) is 33.0 Å². The third-order valence-electron chi connectivity index (χ3n) is 3.55. The van der Waals surface area contributed by atoms with Gasteiger partial charge >= 0.3 is 0 Å². The van der Waals surface area contributed by atoms with Crippen LogP contribution in [-0.4, -0.2) is 44.7 Å². The average molecular weight is 330 g/mol. The molecule has 130 valence electrons. The molecule has 4 nitrogen and oxygen atoms in total. The molecule has 1 aromatic rings. The van der Waals surface area contributed by atoms with Crippen molar-refractivity contribution in [2.45, 2.75) is 12.8 Å². The van der Waals surface area contributed by atoms with Gasteiger partial charge in [-0.25, -0.2) is 0 Å². The monoisotopic (exact) mass is 330 g/mol. The van der Waals surface area contributed by atoms with Crippen LogP contribution >= 0.6 is 0 Å². The predicted molar refractivity (Wildman–Crippen MR) is 95.6 cm³/mol. The highest BCUT2D eigenvalue weighted by Gasteiger charge is 2.08. The Morgan fingerprint density at radius 1 is 0.958 bits per heavy atom. The van der Waals surface area contributed by atoms with Crippen LogP contribution in [0.5, 0.6) is 0 Å².